The lowest BCUT2D eigenvalue weighted by Crippen LogP contribution is -2.47. The number of hydrogen-bond acceptors (Lipinski definition) is 7. The van der Waals surface area contributed by atoms with Crippen molar-refractivity contribution in [3.63, 3.8) is 0 Å². The third kappa shape index (κ3) is 6.55. The van der Waals surface area contributed by atoms with Crippen molar-refractivity contribution in [2.45, 2.75) is 25.6 Å². The van der Waals surface area contributed by atoms with Crippen molar-refractivity contribution in [1.82, 2.24) is 15.6 Å². The van der Waals surface area contributed by atoms with Crippen LogP contribution in [0.1, 0.15) is 18.2 Å². The Morgan fingerprint density at radius 3 is 2.79 bits per heavy atom. The van der Waals surface area contributed by atoms with Crippen LogP contribution < -0.4 is 25.5 Å². The lowest BCUT2D eigenvalue weighted by Gasteiger charge is -2.19. The van der Waals surface area contributed by atoms with Crippen molar-refractivity contribution < 1.29 is 19.4 Å². The number of aliphatic hydroxyl groups is 1. The topological polar surface area (TPSA) is 136 Å². The summed E-state index contributed by atoms with van der Waals surface area (Å²) in [6, 6.07) is 15.3. The van der Waals surface area contributed by atoms with Crippen molar-refractivity contribution in [1.29, 1.82) is 5.26 Å². The van der Waals surface area contributed by atoms with Crippen molar-refractivity contribution in [2.75, 3.05) is 20.3 Å². The van der Waals surface area contributed by atoms with Gasteiger partial charge in [0, 0.05) is 29.2 Å². The summed E-state index contributed by atoms with van der Waals surface area (Å²) in [5.41, 5.74) is 1.31. The molecular weight excluding hydrogens is 424 g/mol. The summed E-state index contributed by atoms with van der Waals surface area (Å²) in [5.74, 6) is 0.704. The quantitative estimate of drug-likeness (QED) is 0.343. The molecule has 0 aliphatic carbocycles. The fourth-order valence-electron chi connectivity index (χ4n) is 3.26. The standard InChI is InChI=1S/C24H26N4O5/c1-15(26-13-18(29)14-33-23-6-4-3-5-16(23)12-25)27-24(31)10-17-9-22(30)20-11-19(32-2)7-8-21(20)28-17/h3-9,11,15,18,26,29H,10,13-14H2,1-2H3,(H,27,31)(H,28,30). The molecule has 2 unspecified atom stereocenters. The molecule has 0 spiro atoms. The maximum Gasteiger partial charge on any atom is 0.227 e. The number of para-hydroxylation sites is 1. The van der Waals surface area contributed by atoms with Crippen LogP contribution >= 0.6 is 0 Å². The van der Waals surface area contributed by atoms with Crippen molar-refractivity contribution in [3.8, 4) is 17.6 Å². The third-order valence-electron chi connectivity index (χ3n) is 4.92. The Hall–Kier alpha value is -3.87. The van der Waals surface area contributed by atoms with E-state index in [1.165, 1.54) is 13.2 Å². The van der Waals surface area contributed by atoms with E-state index in [4.69, 9.17) is 14.7 Å². The predicted octanol–water partition coefficient (Wildman–Crippen LogP) is 1.44. The largest absolute Gasteiger partial charge is 0.497 e. The highest BCUT2D eigenvalue weighted by Crippen LogP contribution is 2.17. The zero-order chi connectivity index (χ0) is 23.8. The molecule has 9 nitrogen and oxygen atoms in total. The van der Waals surface area contributed by atoms with Crippen molar-refractivity contribution in [3.05, 3.63) is 70.0 Å². The normalized spacial score (nSPS) is 12.5. The number of rotatable bonds is 10. The highest BCUT2D eigenvalue weighted by Gasteiger charge is 2.13. The van der Waals surface area contributed by atoms with Crippen LogP contribution in [0.4, 0.5) is 0 Å². The van der Waals surface area contributed by atoms with Gasteiger partial charge in [-0.15, -0.1) is 0 Å². The molecule has 3 rings (SSSR count). The zero-order valence-corrected chi connectivity index (χ0v) is 18.4. The highest BCUT2D eigenvalue weighted by atomic mass is 16.5. The van der Waals surface area contributed by atoms with Gasteiger partial charge in [0.15, 0.2) is 5.43 Å². The number of benzene rings is 2. The van der Waals surface area contributed by atoms with Crippen LogP contribution in [0, 0.1) is 11.3 Å². The summed E-state index contributed by atoms with van der Waals surface area (Å²) in [6.07, 6.45) is -1.26. The van der Waals surface area contributed by atoms with Gasteiger partial charge in [-0.1, -0.05) is 12.1 Å². The number of amides is 1. The Morgan fingerprint density at radius 2 is 2.03 bits per heavy atom. The summed E-state index contributed by atoms with van der Waals surface area (Å²) in [5, 5.41) is 25.5. The third-order valence-corrected chi connectivity index (χ3v) is 4.92. The summed E-state index contributed by atoms with van der Waals surface area (Å²) in [7, 11) is 1.53. The predicted molar refractivity (Wildman–Crippen MR) is 123 cm³/mol. The van der Waals surface area contributed by atoms with Gasteiger partial charge in [0.25, 0.3) is 0 Å². The lowest BCUT2D eigenvalue weighted by molar-refractivity contribution is -0.121. The average Bonchev–Trinajstić information content (AvgIpc) is 2.81. The molecule has 0 saturated heterocycles. The van der Waals surface area contributed by atoms with E-state index < -0.39 is 12.3 Å². The van der Waals surface area contributed by atoms with Gasteiger partial charge in [-0.05, 0) is 37.3 Å². The summed E-state index contributed by atoms with van der Waals surface area (Å²) < 4.78 is 10.6. The highest BCUT2D eigenvalue weighted by molar-refractivity contribution is 5.82. The zero-order valence-electron chi connectivity index (χ0n) is 18.4. The Labute approximate surface area is 191 Å². The monoisotopic (exact) mass is 450 g/mol. The molecule has 172 valence electrons. The number of nitrogens with one attached hydrogen (secondary N) is 3. The number of aromatic amines is 1. The maximum atomic E-state index is 12.4. The van der Waals surface area contributed by atoms with Gasteiger partial charge in [0.2, 0.25) is 5.91 Å². The first-order valence-electron chi connectivity index (χ1n) is 10.4. The number of fused-ring (bicyclic) bond motifs is 1. The van der Waals surface area contributed by atoms with E-state index in [1.807, 2.05) is 6.07 Å². The first-order chi connectivity index (χ1) is 15.9. The summed E-state index contributed by atoms with van der Waals surface area (Å²) >= 11 is 0. The van der Waals surface area contributed by atoms with Crippen LogP contribution in [0.15, 0.2) is 53.3 Å². The van der Waals surface area contributed by atoms with Gasteiger partial charge in [0.1, 0.15) is 30.3 Å². The molecular formula is C24H26N4O5. The molecule has 3 aromatic rings. The smallest absolute Gasteiger partial charge is 0.227 e. The molecule has 33 heavy (non-hydrogen) atoms. The number of aliphatic hydroxyl groups excluding tert-OH is 1. The molecule has 0 bridgehead atoms. The van der Waals surface area contributed by atoms with Crippen LogP contribution in [-0.4, -0.2) is 48.5 Å². The number of hydrogen-bond donors (Lipinski definition) is 4. The van der Waals surface area contributed by atoms with Gasteiger partial charge in [-0.2, -0.15) is 5.26 Å². The van der Waals surface area contributed by atoms with E-state index in [0.29, 0.717) is 33.7 Å². The molecule has 9 heteroatoms. The van der Waals surface area contributed by atoms with E-state index in [2.05, 4.69) is 15.6 Å². The Bertz CT molecular complexity index is 1220. The first kappa shape index (κ1) is 23.8. The van der Waals surface area contributed by atoms with E-state index in [9.17, 15) is 14.7 Å². The van der Waals surface area contributed by atoms with Gasteiger partial charge in [-0.3, -0.25) is 14.9 Å². The second-order valence-corrected chi connectivity index (χ2v) is 7.52. The van der Waals surface area contributed by atoms with Crippen LogP contribution in [0.2, 0.25) is 0 Å². The van der Waals surface area contributed by atoms with E-state index in [-0.39, 0.29) is 30.9 Å². The number of aromatic nitrogens is 1. The Kier molecular flexibility index (Phi) is 8.02. The average molecular weight is 450 g/mol. The van der Waals surface area contributed by atoms with E-state index in [0.717, 1.165) is 0 Å². The van der Waals surface area contributed by atoms with Crippen LogP contribution in [0.3, 0.4) is 0 Å². The van der Waals surface area contributed by atoms with Crippen LogP contribution in [0.25, 0.3) is 10.9 Å². The van der Waals surface area contributed by atoms with Gasteiger partial charge < -0.3 is 24.9 Å². The molecule has 0 radical (unpaired) electrons. The minimum atomic E-state index is -0.843. The molecule has 1 aromatic heterocycles. The summed E-state index contributed by atoms with van der Waals surface area (Å²) in [6.45, 7) is 1.91. The number of nitriles is 1. The molecule has 1 amide bonds. The SMILES string of the molecule is COc1ccc2[nH]c(CC(=O)NC(C)NCC(O)COc3ccccc3C#N)cc(=O)c2c1. The number of pyridine rings is 1. The van der Waals surface area contributed by atoms with Gasteiger partial charge in [0.05, 0.1) is 25.3 Å². The molecule has 4 N–H and O–H groups in total. The Balaban J connectivity index is 1.47. The molecule has 2 aromatic carbocycles. The van der Waals surface area contributed by atoms with E-state index in [1.54, 1.807) is 49.4 Å². The molecule has 0 aliphatic rings. The second kappa shape index (κ2) is 11.1. The van der Waals surface area contributed by atoms with Crippen molar-refractivity contribution in [2.24, 2.45) is 0 Å². The number of carbonyl (C=O) groups excluding carboxylic acids is 1. The number of carbonyl (C=O) groups is 1. The fraction of sp³-hybridized carbons (Fsp3) is 0.292. The number of methoxy groups -OCH3 is 1. The lowest BCUT2D eigenvalue weighted by atomic mass is 10.1. The molecule has 0 saturated carbocycles. The number of nitrogens with zero attached hydrogens (tertiary/aromatic N) is 1. The molecule has 2 atom stereocenters. The minimum absolute atomic E-state index is 0.000161. The van der Waals surface area contributed by atoms with Gasteiger partial charge in [-0.25, -0.2) is 0 Å². The number of H-pyrrole nitrogens is 1. The maximum absolute atomic E-state index is 12.4. The van der Waals surface area contributed by atoms with Gasteiger partial charge >= 0.3 is 0 Å². The van der Waals surface area contributed by atoms with Crippen molar-refractivity contribution >= 4 is 16.8 Å². The fourth-order valence-corrected chi connectivity index (χ4v) is 3.26. The second-order valence-electron chi connectivity index (χ2n) is 7.52. The van der Waals surface area contributed by atoms with Crippen LogP contribution in [0.5, 0.6) is 11.5 Å². The summed E-state index contributed by atoms with van der Waals surface area (Å²) in [4.78, 5) is 27.9. The first-order valence-corrected chi connectivity index (χ1v) is 10.4. The molecule has 0 aliphatic heterocycles. The number of ether oxygens (including phenoxy) is 2. The van der Waals surface area contributed by atoms with E-state index >= 15 is 0 Å². The Morgan fingerprint density at radius 1 is 1.24 bits per heavy atom. The molecule has 1 heterocycles. The van der Waals surface area contributed by atoms with Crippen LogP contribution in [-0.2, 0) is 11.2 Å². The minimum Gasteiger partial charge on any atom is -0.497 e. The molecule has 0 fully saturated rings.